The molecule has 1 rings (SSSR count). The number of allylic oxidation sites excluding steroid dienone is 1. The van der Waals surface area contributed by atoms with Crippen LogP contribution < -0.4 is 0 Å². The summed E-state index contributed by atoms with van der Waals surface area (Å²) in [4.78, 5) is 0. The average Bonchev–Trinajstić information content (AvgIpc) is 2.51. The smallest absolute Gasteiger partial charge is 0.120 e. The van der Waals surface area contributed by atoms with Crippen molar-refractivity contribution in [3.63, 3.8) is 0 Å². The van der Waals surface area contributed by atoms with Gasteiger partial charge in [0, 0.05) is 7.11 Å². The maximum Gasteiger partial charge on any atom is 0.120 e. The third-order valence-electron chi connectivity index (χ3n) is 1.73. The van der Waals surface area contributed by atoms with Gasteiger partial charge < -0.3 is 9.84 Å². The minimum absolute atomic E-state index is 0.240. The average molecular weight is 197 g/mol. The Morgan fingerprint density at radius 2 is 2.50 bits per heavy atom. The first kappa shape index (κ1) is 10.9. The molecule has 0 aliphatic heterocycles. The summed E-state index contributed by atoms with van der Waals surface area (Å²) in [6, 6.07) is 0. The van der Waals surface area contributed by atoms with Crippen LogP contribution in [0.2, 0.25) is 0 Å². The van der Waals surface area contributed by atoms with Crippen LogP contribution in [0.3, 0.4) is 0 Å². The van der Waals surface area contributed by atoms with Crippen LogP contribution in [0.25, 0.3) is 0 Å². The summed E-state index contributed by atoms with van der Waals surface area (Å²) in [7, 11) is 1.54. The lowest BCUT2D eigenvalue weighted by molar-refractivity contribution is 0.0588. The predicted molar refractivity (Wildman–Crippen MR) is 51.7 cm³/mol. The van der Waals surface area contributed by atoms with Gasteiger partial charge in [-0.15, -0.1) is 5.10 Å². The van der Waals surface area contributed by atoms with Crippen molar-refractivity contribution in [1.82, 2.24) is 15.0 Å². The van der Waals surface area contributed by atoms with Gasteiger partial charge in [0.25, 0.3) is 0 Å². The fourth-order valence-corrected chi connectivity index (χ4v) is 1.15. The van der Waals surface area contributed by atoms with Crippen molar-refractivity contribution >= 4 is 0 Å². The highest BCUT2D eigenvalue weighted by molar-refractivity contribution is 5.02. The Morgan fingerprint density at radius 3 is 3.07 bits per heavy atom. The van der Waals surface area contributed by atoms with Crippen molar-refractivity contribution in [3.05, 3.63) is 24.0 Å². The van der Waals surface area contributed by atoms with Gasteiger partial charge in [-0.05, 0) is 6.92 Å². The lowest BCUT2D eigenvalue weighted by Gasteiger charge is -2.10. The number of aliphatic hydroxyl groups excluding tert-OH is 1. The molecule has 1 aromatic heterocycles. The Kier molecular flexibility index (Phi) is 3.79. The molecule has 0 saturated heterocycles. The molecule has 0 amide bonds. The fourth-order valence-electron chi connectivity index (χ4n) is 1.15. The van der Waals surface area contributed by atoms with Crippen LogP contribution in [0.1, 0.15) is 18.7 Å². The van der Waals surface area contributed by atoms with Crippen molar-refractivity contribution in [2.24, 2.45) is 0 Å². The molecular weight excluding hydrogens is 182 g/mol. The van der Waals surface area contributed by atoms with Gasteiger partial charge in [0.15, 0.2) is 0 Å². The SMILES string of the molecule is C=C(C)Cn1nncc1C(O)COC. The molecule has 1 aromatic rings. The van der Waals surface area contributed by atoms with Crippen LogP contribution in [0.15, 0.2) is 18.3 Å². The molecule has 0 saturated carbocycles. The van der Waals surface area contributed by atoms with Crippen molar-refractivity contribution in [2.45, 2.75) is 19.6 Å². The van der Waals surface area contributed by atoms with Gasteiger partial charge in [-0.3, -0.25) is 0 Å². The third-order valence-corrected chi connectivity index (χ3v) is 1.73. The van der Waals surface area contributed by atoms with Gasteiger partial charge in [0.2, 0.25) is 0 Å². The molecule has 5 nitrogen and oxygen atoms in total. The van der Waals surface area contributed by atoms with E-state index in [9.17, 15) is 5.11 Å². The summed E-state index contributed by atoms with van der Waals surface area (Å²) in [5, 5.41) is 17.2. The summed E-state index contributed by atoms with van der Waals surface area (Å²) in [6.07, 6.45) is 0.849. The van der Waals surface area contributed by atoms with Crippen molar-refractivity contribution in [3.8, 4) is 0 Å². The summed E-state index contributed by atoms with van der Waals surface area (Å²) in [5.41, 5.74) is 1.61. The van der Waals surface area contributed by atoms with Crippen molar-refractivity contribution in [1.29, 1.82) is 0 Å². The second-order valence-corrected chi connectivity index (χ2v) is 3.24. The van der Waals surface area contributed by atoms with E-state index in [1.165, 1.54) is 13.3 Å². The minimum Gasteiger partial charge on any atom is -0.384 e. The maximum absolute atomic E-state index is 9.65. The van der Waals surface area contributed by atoms with E-state index in [1.54, 1.807) is 4.68 Å². The molecule has 1 atom stereocenters. The Balaban J connectivity index is 2.75. The second-order valence-electron chi connectivity index (χ2n) is 3.24. The topological polar surface area (TPSA) is 60.2 Å². The number of nitrogens with zero attached hydrogens (tertiary/aromatic N) is 3. The number of ether oxygens (including phenoxy) is 1. The molecule has 1 N–H and O–H groups in total. The number of hydrogen-bond donors (Lipinski definition) is 1. The molecule has 0 aliphatic carbocycles. The van der Waals surface area contributed by atoms with Crippen LogP contribution in [-0.4, -0.2) is 33.8 Å². The Bertz CT molecular complexity index is 309. The molecule has 0 spiro atoms. The molecule has 1 heterocycles. The van der Waals surface area contributed by atoms with Gasteiger partial charge in [0.1, 0.15) is 6.10 Å². The van der Waals surface area contributed by atoms with E-state index in [0.29, 0.717) is 12.2 Å². The lowest BCUT2D eigenvalue weighted by Crippen LogP contribution is -2.13. The highest BCUT2D eigenvalue weighted by atomic mass is 16.5. The monoisotopic (exact) mass is 197 g/mol. The molecule has 78 valence electrons. The molecule has 0 bridgehead atoms. The Morgan fingerprint density at radius 1 is 1.79 bits per heavy atom. The van der Waals surface area contributed by atoms with E-state index in [0.717, 1.165) is 5.57 Å². The van der Waals surface area contributed by atoms with E-state index in [1.807, 2.05) is 6.92 Å². The molecule has 1 unspecified atom stereocenters. The van der Waals surface area contributed by atoms with E-state index in [4.69, 9.17) is 4.74 Å². The highest BCUT2D eigenvalue weighted by Crippen LogP contribution is 2.11. The first-order chi connectivity index (χ1) is 6.65. The van der Waals surface area contributed by atoms with Crippen LogP contribution in [0, 0.1) is 0 Å². The van der Waals surface area contributed by atoms with E-state index >= 15 is 0 Å². The summed E-state index contributed by atoms with van der Waals surface area (Å²) in [5.74, 6) is 0. The van der Waals surface area contributed by atoms with Gasteiger partial charge in [-0.2, -0.15) is 0 Å². The second kappa shape index (κ2) is 4.88. The number of aliphatic hydroxyl groups is 1. The van der Waals surface area contributed by atoms with E-state index in [-0.39, 0.29) is 6.61 Å². The van der Waals surface area contributed by atoms with Crippen molar-refractivity contribution in [2.75, 3.05) is 13.7 Å². The fraction of sp³-hybridized carbons (Fsp3) is 0.556. The quantitative estimate of drug-likeness (QED) is 0.700. The van der Waals surface area contributed by atoms with Crippen LogP contribution in [-0.2, 0) is 11.3 Å². The normalized spacial score (nSPS) is 12.8. The maximum atomic E-state index is 9.65. The largest absolute Gasteiger partial charge is 0.384 e. The number of aromatic nitrogens is 3. The molecular formula is C9H15N3O2. The standard InChI is InChI=1S/C9H15N3O2/c1-7(2)5-12-8(4-10-11-12)9(13)6-14-3/h4,9,13H,1,5-6H2,2-3H3. The first-order valence-corrected chi connectivity index (χ1v) is 4.35. The molecule has 0 fully saturated rings. The summed E-state index contributed by atoms with van der Waals surface area (Å²) < 4.78 is 6.46. The van der Waals surface area contributed by atoms with Gasteiger partial charge in [0.05, 0.1) is 25.0 Å². The molecule has 0 aromatic carbocycles. The van der Waals surface area contributed by atoms with Gasteiger partial charge in [-0.1, -0.05) is 17.4 Å². The predicted octanol–water partition coefficient (Wildman–Crippen LogP) is 0.534. The Labute approximate surface area is 83.0 Å². The minimum atomic E-state index is -0.686. The first-order valence-electron chi connectivity index (χ1n) is 4.35. The van der Waals surface area contributed by atoms with Gasteiger partial charge in [-0.25, -0.2) is 4.68 Å². The lowest BCUT2D eigenvalue weighted by atomic mass is 10.2. The molecule has 0 aliphatic rings. The zero-order valence-corrected chi connectivity index (χ0v) is 8.47. The van der Waals surface area contributed by atoms with E-state index in [2.05, 4.69) is 16.9 Å². The summed E-state index contributed by atoms with van der Waals surface area (Å²) in [6.45, 7) is 6.48. The van der Waals surface area contributed by atoms with Crippen LogP contribution >= 0.6 is 0 Å². The molecule has 14 heavy (non-hydrogen) atoms. The number of rotatable bonds is 5. The zero-order valence-electron chi connectivity index (χ0n) is 8.47. The van der Waals surface area contributed by atoms with Gasteiger partial charge >= 0.3 is 0 Å². The summed E-state index contributed by atoms with van der Waals surface area (Å²) >= 11 is 0. The Hall–Kier alpha value is -1.20. The number of hydrogen-bond acceptors (Lipinski definition) is 4. The van der Waals surface area contributed by atoms with Crippen molar-refractivity contribution < 1.29 is 9.84 Å². The third kappa shape index (κ3) is 2.65. The van der Waals surface area contributed by atoms with E-state index < -0.39 is 6.10 Å². The number of methoxy groups -OCH3 is 1. The highest BCUT2D eigenvalue weighted by Gasteiger charge is 2.13. The van der Waals surface area contributed by atoms with Crippen LogP contribution in [0.4, 0.5) is 0 Å². The molecule has 5 heteroatoms. The molecule has 0 radical (unpaired) electrons. The van der Waals surface area contributed by atoms with Crippen LogP contribution in [0.5, 0.6) is 0 Å². The zero-order chi connectivity index (χ0) is 10.6.